The largest absolute Gasteiger partial charge is 0.471 e. The minimum atomic E-state index is -0.0627. The Morgan fingerprint density at radius 1 is 1.67 bits per heavy atom. The minimum Gasteiger partial charge on any atom is -0.471 e. The van der Waals surface area contributed by atoms with E-state index in [-0.39, 0.29) is 18.6 Å². The van der Waals surface area contributed by atoms with Crippen molar-refractivity contribution in [1.29, 1.82) is 5.26 Å². The summed E-state index contributed by atoms with van der Waals surface area (Å²) < 4.78 is 10.3. The normalized spacial score (nSPS) is 14.8. The second-order valence-corrected chi connectivity index (χ2v) is 3.97. The quantitative estimate of drug-likeness (QED) is 0.759. The molecule has 0 N–H and O–H groups in total. The van der Waals surface area contributed by atoms with Gasteiger partial charge in [-0.1, -0.05) is 0 Å². The number of likely N-dealkylation sites (tertiary alicyclic amines) is 1. The van der Waals surface area contributed by atoms with Crippen LogP contribution >= 0.6 is 0 Å². The van der Waals surface area contributed by atoms with Gasteiger partial charge in [0, 0.05) is 19.4 Å². The smallest absolute Gasteiger partial charge is 0.248 e. The summed E-state index contributed by atoms with van der Waals surface area (Å²) in [4.78, 5) is 17.1. The number of nitriles is 1. The van der Waals surface area contributed by atoms with E-state index < -0.39 is 0 Å². The van der Waals surface area contributed by atoms with Crippen molar-refractivity contribution < 1.29 is 14.3 Å². The molecule has 1 aromatic rings. The third-order valence-electron chi connectivity index (χ3n) is 2.62. The highest BCUT2D eigenvalue weighted by Gasteiger charge is 2.32. The van der Waals surface area contributed by atoms with Crippen LogP contribution in [0.25, 0.3) is 0 Å². The van der Waals surface area contributed by atoms with Crippen LogP contribution in [0.3, 0.4) is 0 Å². The van der Waals surface area contributed by atoms with Crippen LogP contribution in [-0.4, -0.2) is 48.7 Å². The lowest BCUT2D eigenvalue weighted by Gasteiger charge is -2.38. The van der Waals surface area contributed by atoms with Crippen LogP contribution in [-0.2, 0) is 9.53 Å². The first-order chi connectivity index (χ1) is 8.72. The summed E-state index contributed by atoms with van der Waals surface area (Å²) in [5.41, 5.74) is 0.506. The fourth-order valence-corrected chi connectivity index (χ4v) is 1.65. The number of hydrogen-bond acceptors (Lipinski definition) is 5. The van der Waals surface area contributed by atoms with E-state index in [9.17, 15) is 4.79 Å². The van der Waals surface area contributed by atoms with E-state index in [1.807, 2.05) is 6.07 Å². The zero-order chi connectivity index (χ0) is 13.0. The first-order valence-corrected chi connectivity index (χ1v) is 5.52. The van der Waals surface area contributed by atoms with Crippen molar-refractivity contribution in [2.24, 2.45) is 0 Å². The number of ether oxygens (including phenoxy) is 2. The molecule has 94 valence electrons. The van der Waals surface area contributed by atoms with E-state index in [4.69, 9.17) is 14.7 Å². The third-order valence-corrected chi connectivity index (χ3v) is 2.62. The first-order valence-electron chi connectivity index (χ1n) is 5.52. The van der Waals surface area contributed by atoms with Gasteiger partial charge in [-0.05, 0) is 6.07 Å². The van der Waals surface area contributed by atoms with E-state index in [0.717, 1.165) is 0 Å². The molecule has 2 heterocycles. The Hall–Kier alpha value is -2.13. The van der Waals surface area contributed by atoms with Crippen LogP contribution in [0.4, 0.5) is 0 Å². The number of pyridine rings is 1. The lowest BCUT2D eigenvalue weighted by Crippen LogP contribution is -2.57. The Labute approximate surface area is 105 Å². The monoisotopic (exact) mass is 247 g/mol. The number of amides is 1. The maximum Gasteiger partial charge on any atom is 0.248 e. The molecule has 0 atom stereocenters. The van der Waals surface area contributed by atoms with Gasteiger partial charge in [0.15, 0.2) is 0 Å². The molecule has 6 nitrogen and oxygen atoms in total. The Bertz CT molecular complexity index is 478. The predicted octanol–water partition coefficient (Wildman–Crippen LogP) is 0.189. The number of carbonyl (C=O) groups is 1. The average Bonchev–Trinajstić information content (AvgIpc) is 2.33. The highest BCUT2D eigenvalue weighted by atomic mass is 16.5. The summed E-state index contributed by atoms with van der Waals surface area (Å²) in [6.07, 6.45) is 1.47. The molecule has 0 bridgehead atoms. The van der Waals surface area contributed by atoms with E-state index in [2.05, 4.69) is 4.98 Å². The number of aromatic nitrogens is 1. The molecule has 0 aliphatic carbocycles. The molecular formula is C12H13N3O3. The zero-order valence-corrected chi connectivity index (χ0v) is 10.00. The Balaban J connectivity index is 1.83. The van der Waals surface area contributed by atoms with Crippen LogP contribution in [0.5, 0.6) is 5.88 Å². The first kappa shape index (κ1) is 12.3. The average molecular weight is 247 g/mol. The van der Waals surface area contributed by atoms with Gasteiger partial charge in [-0.3, -0.25) is 4.79 Å². The van der Waals surface area contributed by atoms with Crippen LogP contribution in [0.2, 0.25) is 0 Å². The Morgan fingerprint density at radius 2 is 2.44 bits per heavy atom. The van der Waals surface area contributed by atoms with Crippen molar-refractivity contribution >= 4 is 5.91 Å². The third kappa shape index (κ3) is 2.76. The van der Waals surface area contributed by atoms with Crippen molar-refractivity contribution in [3.8, 4) is 11.9 Å². The highest BCUT2D eigenvalue weighted by Crippen LogP contribution is 2.16. The lowest BCUT2D eigenvalue weighted by molar-refractivity contribution is -0.144. The minimum absolute atomic E-state index is 0.0453. The summed E-state index contributed by atoms with van der Waals surface area (Å²) in [7, 11) is 1.49. The maximum atomic E-state index is 11.4. The predicted molar refractivity (Wildman–Crippen MR) is 61.8 cm³/mol. The van der Waals surface area contributed by atoms with Gasteiger partial charge >= 0.3 is 0 Å². The molecule has 1 amide bonds. The molecule has 0 radical (unpaired) electrons. The van der Waals surface area contributed by atoms with Crippen LogP contribution in [0, 0.1) is 11.3 Å². The maximum absolute atomic E-state index is 11.4. The molecule has 1 aromatic heterocycles. The van der Waals surface area contributed by atoms with Gasteiger partial charge in [-0.25, -0.2) is 4.98 Å². The number of methoxy groups -OCH3 is 1. The molecule has 1 aliphatic rings. The number of hydrogen-bond donors (Lipinski definition) is 0. The summed E-state index contributed by atoms with van der Waals surface area (Å²) in [5, 5.41) is 8.74. The standard InChI is InChI=1S/C12H13N3O3/c1-17-8-12(16)15-6-10(7-15)18-11-4-9(5-13)2-3-14-11/h2-4,10H,6-8H2,1H3. The van der Waals surface area contributed by atoms with Crippen molar-refractivity contribution in [3.63, 3.8) is 0 Å². The molecule has 6 heteroatoms. The van der Waals surface area contributed by atoms with Gasteiger partial charge in [0.05, 0.1) is 24.7 Å². The molecule has 0 saturated carbocycles. The second kappa shape index (κ2) is 5.47. The van der Waals surface area contributed by atoms with Crippen molar-refractivity contribution in [3.05, 3.63) is 23.9 Å². The summed E-state index contributed by atoms with van der Waals surface area (Å²) in [5.74, 6) is 0.369. The molecule has 1 saturated heterocycles. The molecule has 0 aromatic carbocycles. The number of rotatable bonds is 4. The molecular weight excluding hydrogens is 234 g/mol. The van der Waals surface area contributed by atoms with Gasteiger partial charge in [-0.2, -0.15) is 5.26 Å². The fourth-order valence-electron chi connectivity index (χ4n) is 1.65. The van der Waals surface area contributed by atoms with E-state index in [1.54, 1.807) is 17.0 Å². The van der Waals surface area contributed by atoms with E-state index in [1.165, 1.54) is 13.3 Å². The lowest BCUT2D eigenvalue weighted by atomic mass is 10.1. The fraction of sp³-hybridized carbons (Fsp3) is 0.417. The molecule has 1 aliphatic heterocycles. The molecule has 0 spiro atoms. The Morgan fingerprint density at radius 3 is 3.11 bits per heavy atom. The van der Waals surface area contributed by atoms with Gasteiger partial charge < -0.3 is 14.4 Å². The van der Waals surface area contributed by atoms with Crippen molar-refractivity contribution in [2.75, 3.05) is 26.8 Å². The summed E-state index contributed by atoms with van der Waals surface area (Å²) in [6.45, 7) is 1.15. The second-order valence-electron chi connectivity index (χ2n) is 3.97. The van der Waals surface area contributed by atoms with Gasteiger partial charge in [0.25, 0.3) is 0 Å². The van der Waals surface area contributed by atoms with E-state index >= 15 is 0 Å². The van der Waals surface area contributed by atoms with Gasteiger partial charge in [-0.15, -0.1) is 0 Å². The van der Waals surface area contributed by atoms with Crippen molar-refractivity contribution in [1.82, 2.24) is 9.88 Å². The Kier molecular flexibility index (Phi) is 3.75. The molecule has 0 unspecified atom stereocenters. The van der Waals surface area contributed by atoms with Gasteiger partial charge in [0.2, 0.25) is 11.8 Å². The topological polar surface area (TPSA) is 75.4 Å². The molecule has 2 rings (SSSR count). The summed E-state index contributed by atoms with van der Waals surface area (Å²) in [6, 6.07) is 5.22. The zero-order valence-electron chi connectivity index (χ0n) is 10.00. The highest BCUT2D eigenvalue weighted by molar-refractivity contribution is 5.78. The van der Waals surface area contributed by atoms with E-state index in [0.29, 0.717) is 24.5 Å². The SMILES string of the molecule is COCC(=O)N1CC(Oc2cc(C#N)ccn2)C1. The van der Waals surface area contributed by atoms with Crippen LogP contribution in [0.15, 0.2) is 18.3 Å². The number of carbonyl (C=O) groups excluding carboxylic acids is 1. The van der Waals surface area contributed by atoms with Gasteiger partial charge in [0.1, 0.15) is 12.7 Å². The molecule has 18 heavy (non-hydrogen) atoms. The van der Waals surface area contributed by atoms with Crippen LogP contribution in [0.1, 0.15) is 5.56 Å². The number of nitrogens with zero attached hydrogens (tertiary/aromatic N) is 3. The van der Waals surface area contributed by atoms with Crippen LogP contribution < -0.4 is 4.74 Å². The molecule has 1 fully saturated rings. The summed E-state index contributed by atoms with van der Waals surface area (Å²) >= 11 is 0. The van der Waals surface area contributed by atoms with Crippen molar-refractivity contribution in [2.45, 2.75) is 6.10 Å².